The Hall–Kier alpha value is -2.93. The highest BCUT2D eigenvalue weighted by Gasteiger charge is 2.22. The van der Waals surface area contributed by atoms with E-state index in [1.54, 1.807) is 11.3 Å². The van der Waals surface area contributed by atoms with Crippen LogP contribution in [0.25, 0.3) is 0 Å². The molecular weight excluding hydrogens is 394 g/mol. The number of nitrogens with zero attached hydrogens (tertiary/aromatic N) is 3. The number of carbonyl (C=O) groups is 1. The highest BCUT2D eigenvalue weighted by molar-refractivity contribution is 7.09. The molecule has 2 N–H and O–H groups in total. The number of fused-ring (bicyclic) bond motifs is 1. The van der Waals surface area contributed by atoms with E-state index in [9.17, 15) is 4.79 Å². The Morgan fingerprint density at radius 1 is 1.20 bits per heavy atom. The molecule has 30 heavy (non-hydrogen) atoms. The van der Waals surface area contributed by atoms with Crippen molar-refractivity contribution in [2.45, 2.75) is 39.2 Å². The molecule has 7 heteroatoms. The van der Waals surface area contributed by atoms with Crippen molar-refractivity contribution in [1.29, 1.82) is 0 Å². The van der Waals surface area contributed by atoms with Gasteiger partial charge in [-0.25, -0.2) is 14.8 Å². The SMILES string of the molecule is CCCc1ccc(Nc2ncc3c(n2)CCN(C(=O)NCCc2cccs2)C3)cc1. The molecule has 0 radical (unpaired) electrons. The van der Waals surface area contributed by atoms with Crippen molar-refractivity contribution < 1.29 is 4.79 Å². The van der Waals surface area contributed by atoms with Crippen molar-refractivity contribution in [3.05, 3.63) is 69.7 Å². The smallest absolute Gasteiger partial charge is 0.317 e. The fourth-order valence-electron chi connectivity index (χ4n) is 3.58. The average Bonchev–Trinajstić information content (AvgIpc) is 3.28. The molecule has 1 aliphatic heterocycles. The van der Waals surface area contributed by atoms with E-state index in [1.807, 2.05) is 17.2 Å². The molecule has 0 saturated heterocycles. The number of aromatic nitrogens is 2. The summed E-state index contributed by atoms with van der Waals surface area (Å²) in [7, 11) is 0. The molecule has 0 atom stereocenters. The van der Waals surface area contributed by atoms with Gasteiger partial charge in [0.1, 0.15) is 0 Å². The van der Waals surface area contributed by atoms with Crippen LogP contribution < -0.4 is 10.6 Å². The molecule has 0 spiro atoms. The Kier molecular flexibility index (Phi) is 6.59. The van der Waals surface area contributed by atoms with Crippen LogP contribution in [0.15, 0.2) is 48.0 Å². The summed E-state index contributed by atoms with van der Waals surface area (Å²) in [5.41, 5.74) is 4.34. The summed E-state index contributed by atoms with van der Waals surface area (Å²) >= 11 is 1.72. The molecule has 0 aliphatic carbocycles. The number of anilines is 2. The van der Waals surface area contributed by atoms with E-state index in [2.05, 4.69) is 63.2 Å². The predicted octanol–water partition coefficient (Wildman–Crippen LogP) is 4.54. The highest BCUT2D eigenvalue weighted by atomic mass is 32.1. The number of benzene rings is 1. The third-order valence-corrected chi connectivity index (χ3v) is 6.13. The Balaban J connectivity index is 1.31. The number of hydrogen-bond acceptors (Lipinski definition) is 5. The Morgan fingerprint density at radius 3 is 2.83 bits per heavy atom. The first kappa shape index (κ1) is 20.3. The molecule has 0 fully saturated rings. The Bertz CT molecular complexity index is 972. The van der Waals surface area contributed by atoms with E-state index < -0.39 is 0 Å². The lowest BCUT2D eigenvalue weighted by atomic mass is 10.1. The summed E-state index contributed by atoms with van der Waals surface area (Å²) < 4.78 is 0. The maximum atomic E-state index is 12.5. The third kappa shape index (κ3) is 5.16. The van der Waals surface area contributed by atoms with Crippen LogP contribution in [-0.2, 0) is 25.8 Å². The quantitative estimate of drug-likeness (QED) is 0.587. The Labute approximate surface area is 181 Å². The maximum Gasteiger partial charge on any atom is 0.317 e. The van der Waals surface area contributed by atoms with Gasteiger partial charge in [-0.3, -0.25) is 0 Å². The topological polar surface area (TPSA) is 70.2 Å². The molecule has 156 valence electrons. The van der Waals surface area contributed by atoms with Crippen molar-refractivity contribution in [3.63, 3.8) is 0 Å². The molecule has 3 heterocycles. The first-order valence-electron chi connectivity index (χ1n) is 10.5. The van der Waals surface area contributed by atoms with E-state index >= 15 is 0 Å². The van der Waals surface area contributed by atoms with Gasteiger partial charge in [0.2, 0.25) is 5.95 Å². The van der Waals surface area contributed by atoms with Crippen molar-refractivity contribution in [1.82, 2.24) is 20.2 Å². The molecule has 0 bridgehead atoms. The van der Waals surface area contributed by atoms with E-state index in [-0.39, 0.29) is 6.03 Å². The summed E-state index contributed by atoms with van der Waals surface area (Å²) in [6.45, 7) is 4.05. The predicted molar refractivity (Wildman–Crippen MR) is 121 cm³/mol. The van der Waals surface area contributed by atoms with Gasteiger partial charge in [-0.2, -0.15) is 0 Å². The van der Waals surface area contributed by atoms with Crippen LogP contribution in [0.2, 0.25) is 0 Å². The number of nitrogens with one attached hydrogen (secondary N) is 2. The number of aryl methyl sites for hydroxylation is 1. The number of rotatable bonds is 7. The lowest BCUT2D eigenvalue weighted by molar-refractivity contribution is 0.192. The fourth-order valence-corrected chi connectivity index (χ4v) is 4.29. The first-order chi connectivity index (χ1) is 14.7. The standard InChI is InChI=1S/C23H27N5OS/c1-2-4-17-6-8-19(9-7-17)26-22-25-15-18-16-28(13-11-21(18)27-22)23(29)24-12-10-20-5-3-14-30-20/h3,5-9,14-15H,2,4,10-13,16H2,1H3,(H,24,29)(H,25,26,27). The van der Waals surface area contributed by atoms with Gasteiger partial charge in [0.25, 0.3) is 0 Å². The van der Waals surface area contributed by atoms with Crippen LogP contribution in [0.1, 0.15) is 35.0 Å². The zero-order chi connectivity index (χ0) is 20.8. The minimum Gasteiger partial charge on any atom is -0.338 e. The van der Waals surface area contributed by atoms with E-state index in [4.69, 9.17) is 0 Å². The number of urea groups is 1. The van der Waals surface area contributed by atoms with Crippen LogP contribution in [0.4, 0.5) is 16.4 Å². The van der Waals surface area contributed by atoms with Gasteiger partial charge < -0.3 is 15.5 Å². The fraction of sp³-hybridized carbons (Fsp3) is 0.348. The average molecular weight is 422 g/mol. The monoisotopic (exact) mass is 421 g/mol. The van der Waals surface area contributed by atoms with Gasteiger partial charge >= 0.3 is 6.03 Å². The zero-order valence-corrected chi connectivity index (χ0v) is 18.0. The van der Waals surface area contributed by atoms with Crippen LogP contribution >= 0.6 is 11.3 Å². The normalized spacial score (nSPS) is 13.0. The van der Waals surface area contributed by atoms with Crippen molar-refractivity contribution in [3.8, 4) is 0 Å². The molecule has 1 aliphatic rings. The second-order valence-corrected chi connectivity index (χ2v) is 8.50. The van der Waals surface area contributed by atoms with Gasteiger partial charge in [0, 0.05) is 41.8 Å². The zero-order valence-electron chi connectivity index (χ0n) is 17.2. The van der Waals surface area contributed by atoms with Gasteiger partial charge in [-0.15, -0.1) is 11.3 Å². The van der Waals surface area contributed by atoms with Gasteiger partial charge in [0.05, 0.1) is 12.2 Å². The van der Waals surface area contributed by atoms with Crippen LogP contribution in [0.3, 0.4) is 0 Å². The third-order valence-electron chi connectivity index (χ3n) is 5.20. The molecule has 3 aromatic rings. The first-order valence-corrected chi connectivity index (χ1v) is 11.3. The maximum absolute atomic E-state index is 12.5. The van der Waals surface area contributed by atoms with Crippen molar-refractivity contribution >= 4 is 29.0 Å². The summed E-state index contributed by atoms with van der Waals surface area (Å²) in [6.07, 6.45) is 5.67. The lowest BCUT2D eigenvalue weighted by Gasteiger charge is -2.28. The molecule has 6 nitrogen and oxygen atoms in total. The highest BCUT2D eigenvalue weighted by Crippen LogP contribution is 2.20. The van der Waals surface area contributed by atoms with Crippen LogP contribution in [-0.4, -0.2) is 34.0 Å². The summed E-state index contributed by atoms with van der Waals surface area (Å²) in [5, 5.41) is 8.36. The van der Waals surface area contributed by atoms with Crippen LogP contribution in [0.5, 0.6) is 0 Å². The molecular formula is C23H27N5OS. The number of amides is 2. The summed E-state index contributed by atoms with van der Waals surface area (Å²) in [6, 6.07) is 12.5. The minimum atomic E-state index is -0.0217. The van der Waals surface area contributed by atoms with Crippen molar-refractivity contribution in [2.75, 3.05) is 18.4 Å². The Morgan fingerprint density at radius 2 is 2.07 bits per heavy atom. The number of thiophene rings is 1. The molecule has 2 amide bonds. The summed E-state index contributed by atoms with van der Waals surface area (Å²) in [5.74, 6) is 0.603. The van der Waals surface area contributed by atoms with Gasteiger partial charge in [-0.05, 0) is 42.0 Å². The van der Waals surface area contributed by atoms with Crippen molar-refractivity contribution in [2.24, 2.45) is 0 Å². The van der Waals surface area contributed by atoms with Gasteiger partial charge in [0.15, 0.2) is 0 Å². The van der Waals surface area contributed by atoms with E-state index in [1.165, 1.54) is 10.4 Å². The second kappa shape index (κ2) is 9.71. The van der Waals surface area contributed by atoms with Crippen LogP contribution in [0, 0.1) is 0 Å². The van der Waals surface area contributed by atoms with E-state index in [0.717, 1.165) is 42.6 Å². The largest absolute Gasteiger partial charge is 0.338 e. The van der Waals surface area contributed by atoms with Gasteiger partial charge in [-0.1, -0.05) is 31.5 Å². The summed E-state index contributed by atoms with van der Waals surface area (Å²) in [4.78, 5) is 24.7. The second-order valence-electron chi connectivity index (χ2n) is 7.47. The minimum absolute atomic E-state index is 0.0217. The van der Waals surface area contributed by atoms with E-state index in [0.29, 0.717) is 25.6 Å². The number of carbonyl (C=O) groups excluding carboxylic acids is 1. The molecule has 4 rings (SSSR count). The molecule has 0 saturated carbocycles. The molecule has 0 unspecified atom stereocenters. The lowest BCUT2D eigenvalue weighted by Crippen LogP contribution is -2.43. The molecule has 2 aromatic heterocycles. The number of hydrogen-bond donors (Lipinski definition) is 2. The molecule has 1 aromatic carbocycles.